The predicted octanol–water partition coefficient (Wildman–Crippen LogP) is 2.56. The third kappa shape index (κ3) is 3.71. The predicted molar refractivity (Wildman–Crippen MR) is 42.7 cm³/mol. The summed E-state index contributed by atoms with van der Waals surface area (Å²) in [6.45, 7) is 7.62. The lowest BCUT2D eigenvalue weighted by atomic mass is 10.3. The molecule has 0 aliphatic carbocycles. The van der Waals surface area contributed by atoms with Gasteiger partial charge in [0.2, 0.25) is 0 Å². The van der Waals surface area contributed by atoms with E-state index in [1.54, 1.807) is 12.3 Å². The van der Waals surface area contributed by atoms with Crippen LogP contribution in [0.4, 0.5) is 0 Å². The fourth-order valence-electron chi connectivity index (χ4n) is 0.459. The van der Waals surface area contributed by atoms with Gasteiger partial charge in [-0.25, -0.2) is 0 Å². The van der Waals surface area contributed by atoms with Gasteiger partial charge in [0, 0.05) is 11.9 Å². The topological polar surface area (TPSA) is 12.4 Å². The van der Waals surface area contributed by atoms with Crippen LogP contribution in [-0.4, -0.2) is 5.71 Å². The molecule has 0 aromatic carbocycles. The zero-order valence-electron chi connectivity index (χ0n) is 6.09. The van der Waals surface area contributed by atoms with E-state index >= 15 is 0 Å². The van der Waals surface area contributed by atoms with Crippen LogP contribution in [0.5, 0.6) is 0 Å². The molecule has 0 rings (SSSR count). The molecule has 0 unspecified atom stereocenters. The number of allylic oxidation sites excluding steroid dienone is 2. The standard InChI is InChI=1S/C8H13N/c1-4-7-9-8(5-2)6-3/h4-5,7H,2,6H2,1,3H3/b7-4-,9-8?. The van der Waals surface area contributed by atoms with Crippen molar-refractivity contribution in [3.63, 3.8) is 0 Å². The summed E-state index contributed by atoms with van der Waals surface area (Å²) >= 11 is 0. The summed E-state index contributed by atoms with van der Waals surface area (Å²) in [5.41, 5.74) is 1.04. The maximum absolute atomic E-state index is 4.10. The molecule has 0 radical (unpaired) electrons. The smallest absolute Gasteiger partial charge is 0.0394 e. The van der Waals surface area contributed by atoms with E-state index in [0.717, 1.165) is 12.1 Å². The second-order valence-corrected chi connectivity index (χ2v) is 1.66. The highest BCUT2D eigenvalue weighted by Crippen LogP contribution is 1.87. The second-order valence-electron chi connectivity index (χ2n) is 1.66. The Morgan fingerprint density at radius 1 is 1.67 bits per heavy atom. The van der Waals surface area contributed by atoms with Gasteiger partial charge in [-0.15, -0.1) is 0 Å². The molecule has 0 aliphatic rings. The fraction of sp³-hybridized carbons (Fsp3) is 0.375. The number of hydrogen-bond donors (Lipinski definition) is 0. The van der Waals surface area contributed by atoms with Crippen molar-refractivity contribution in [2.75, 3.05) is 0 Å². The summed E-state index contributed by atoms with van der Waals surface area (Å²) in [6.07, 6.45) is 6.41. The minimum Gasteiger partial charge on any atom is -0.262 e. The fourth-order valence-corrected chi connectivity index (χ4v) is 0.459. The van der Waals surface area contributed by atoms with Gasteiger partial charge in [0.1, 0.15) is 0 Å². The van der Waals surface area contributed by atoms with E-state index < -0.39 is 0 Å². The van der Waals surface area contributed by atoms with Crippen LogP contribution in [0.1, 0.15) is 20.3 Å². The number of aliphatic imine (C=N–C) groups is 1. The summed E-state index contributed by atoms with van der Waals surface area (Å²) in [4.78, 5) is 4.10. The van der Waals surface area contributed by atoms with Crippen molar-refractivity contribution >= 4 is 5.71 Å². The monoisotopic (exact) mass is 123 g/mol. The molecule has 0 saturated carbocycles. The van der Waals surface area contributed by atoms with Crippen molar-refractivity contribution in [1.29, 1.82) is 0 Å². The Balaban J connectivity index is 3.90. The van der Waals surface area contributed by atoms with Crippen LogP contribution in [0, 0.1) is 0 Å². The van der Waals surface area contributed by atoms with Gasteiger partial charge in [0.05, 0.1) is 0 Å². The van der Waals surface area contributed by atoms with E-state index in [9.17, 15) is 0 Å². The molecule has 0 fully saturated rings. The highest BCUT2D eigenvalue weighted by atomic mass is 14.7. The Kier molecular flexibility index (Phi) is 4.79. The molecule has 1 nitrogen and oxygen atoms in total. The van der Waals surface area contributed by atoms with Crippen molar-refractivity contribution in [2.45, 2.75) is 20.3 Å². The Hall–Kier alpha value is -0.850. The summed E-state index contributed by atoms with van der Waals surface area (Å²) in [7, 11) is 0. The van der Waals surface area contributed by atoms with E-state index in [1.807, 2.05) is 13.0 Å². The van der Waals surface area contributed by atoms with Gasteiger partial charge in [-0.3, -0.25) is 4.99 Å². The third-order valence-electron chi connectivity index (χ3n) is 0.987. The average molecular weight is 123 g/mol. The van der Waals surface area contributed by atoms with Gasteiger partial charge in [0.15, 0.2) is 0 Å². The Bertz CT molecular complexity index is 132. The van der Waals surface area contributed by atoms with Gasteiger partial charge < -0.3 is 0 Å². The molecule has 1 heteroatoms. The van der Waals surface area contributed by atoms with Crippen LogP contribution in [0.2, 0.25) is 0 Å². The molecule has 0 aliphatic heterocycles. The highest BCUT2D eigenvalue weighted by Gasteiger charge is 1.81. The van der Waals surface area contributed by atoms with Crippen LogP contribution >= 0.6 is 0 Å². The lowest BCUT2D eigenvalue weighted by Crippen LogP contribution is -1.86. The first-order valence-corrected chi connectivity index (χ1v) is 3.15. The van der Waals surface area contributed by atoms with Crippen LogP contribution in [0.15, 0.2) is 29.9 Å². The van der Waals surface area contributed by atoms with Gasteiger partial charge in [0.25, 0.3) is 0 Å². The van der Waals surface area contributed by atoms with Gasteiger partial charge >= 0.3 is 0 Å². The van der Waals surface area contributed by atoms with Crippen molar-refractivity contribution in [3.05, 3.63) is 24.9 Å². The van der Waals surface area contributed by atoms with Crippen molar-refractivity contribution in [3.8, 4) is 0 Å². The first kappa shape index (κ1) is 8.15. The zero-order valence-corrected chi connectivity index (χ0v) is 6.09. The van der Waals surface area contributed by atoms with E-state index in [0.29, 0.717) is 0 Å². The lowest BCUT2D eigenvalue weighted by Gasteiger charge is -1.88. The van der Waals surface area contributed by atoms with Crippen LogP contribution < -0.4 is 0 Å². The molecule has 50 valence electrons. The minimum atomic E-state index is 0.952. The summed E-state index contributed by atoms with van der Waals surface area (Å²) in [6, 6.07) is 0. The number of nitrogens with zero attached hydrogens (tertiary/aromatic N) is 1. The first-order chi connectivity index (χ1) is 4.35. The quantitative estimate of drug-likeness (QED) is 0.511. The largest absolute Gasteiger partial charge is 0.262 e. The first-order valence-electron chi connectivity index (χ1n) is 3.15. The summed E-state index contributed by atoms with van der Waals surface area (Å²) < 4.78 is 0. The van der Waals surface area contributed by atoms with Gasteiger partial charge in [-0.1, -0.05) is 19.6 Å². The molecule has 9 heavy (non-hydrogen) atoms. The molecule has 0 saturated heterocycles. The Labute approximate surface area is 56.8 Å². The molecular weight excluding hydrogens is 110 g/mol. The molecular formula is C8H13N. The molecule has 0 atom stereocenters. The van der Waals surface area contributed by atoms with E-state index in [1.165, 1.54) is 0 Å². The van der Waals surface area contributed by atoms with Crippen molar-refractivity contribution < 1.29 is 0 Å². The minimum absolute atomic E-state index is 0.952. The van der Waals surface area contributed by atoms with Gasteiger partial charge in [-0.05, 0) is 19.4 Å². The third-order valence-corrected chi connectivity index (χ3v) is 0.987. The Morgan fingerprint density at radius 3 is 2.67 bits per heavy atom. The lowest BCUT2D eigenvalue weighted by molar-refractivity contribution is 1.28. The van der Waals surface area contributed by atoms with Crippen LogP contribution in [0.25, 0.3) is 0 Å². The van der Waals surface area contributed by atoms with E-state index in [2.05, 4.69) is 18.5 Å². The summed E-state index contributed by atoms with van der Waals surface area (Å²) in [5.74, 6) is 0. The molecule has 0 bridgehead atoms. The normalized spacial score (nSPS) is 12.4. The van der Waals surface area contributed by atoms with E-state index in [4.69, 9.17) is 0 Å². The van der Waals surface area contributed by atoms with Crippen molar-refractivity contribution in [2.24, 2.45) is 4.99 Å². The second kappa shape index (κ2) is 5.29. The molecule has 0 aromatic rings. The van der Waals surface area contributed by atoms with Crippen molar-refractivity contribution in [1.82, 2.24) is 0 Å². The SMILES string of the molecule is C=CC(CC)=N/C=C\C. The summed E-state index contributed by atoms with van der Waals surface area (Å²) in [5, 5.41) is 0. The van der Waals surface area contributed by atoms with Gasteiger partial charge in [-0.2, -0.15) is 0 Å². The molecule has 0 aromatic heterocycles. The average Bonchev–Trinajstić information content (AvgIpc) is 1.91. The molecule has 0 heterocycles. The Morgan fingerprint density at radius 2 is 2.33 bits per heavy atom. The highest BCUT2D eigenvalue weighted by molar-refractivity contribution is 5.94. The molecule has 0 amide bonds. The molecule has 0 N–H and O–H groups in total. The van der Waals surface area contributed by atoms with Crippen LogP contribution in [0.3, 0.4) is 0 Å². The number of rotatable bonds is 3. The maximum atomic E-state index is 4.10. The number of hydrogen-bond acceptors (Lipinski definition) is 1. The zero-order chi connectivity index (χ0) is 7.11. The van der Waals surface area contributed by atoms with Crippen LogP contribution in [-0.2, 0) is 0 Å². The maximum Gasteiger partial charge on any atom is 0.0394 e. The molecule has 0 spiro atoms. The van der Waals surface area contributed by atoms with E-state index in [-0.39, 0.29) is 0 Å².